The van der Waals surface area contributed by atoms with Crippen molar-refractivity contribution in [3.63, 3.8) is 0 Å². The highest BCUT2D eigenvalue weighted by Gasteiger charge is 2.24. The molecule has 0 spiro atoms. The van der Waals surface area contributed by atoms with Crippen LogP contribution in [0.2, 0.25) is 0 Å². The van der Waals surface area contributed by atoms with E-state index < -0.39 is 0 Å². The average Bonchev–Trinajstić information content (AvgIpc) is 2.79. The first kappa shape index (κ1) is 14.2. The molecule has 1 aromatic rings. The summed E-state index contributed by atoms with van der Waals surface area (Å²) >= 11 is 1.46. The highest BCUT2D eigenvalue weighted by molar-refractivity contribution is 7.97. The van der Waals surface area contributed by atoms with E-state index in [1.165, 1.54) is 31.1 Å². The number of benzene rings is 1. The minimum Gasteiger partial charge on any atom is -0.333 e. The van der Waals surface area contributed by atoms with Crippen molar-refractivity contribution < 1.29 is 9.18 Å². The third-order valence-electron chi connectivity index (χ3n) is 2.42. The Hall–Kier alpha value is -0.910. The molecule has 0 saturated carbocycles. The highest BCUT2D eigenvalue weighted by atomic mass is 32.2. The van der Waals surface area contributed by atoms with Gasteiger partial charge in [-0.2, -0.15) is 0 Å². The Morgan fingerprint density at radius 2 is 2.29 bits per heavy atom. The predicted molar refractivity (Wildman–Crippen MR) is 68.2 cm³/mol. The zero-order valence-electron chi connectivity index (χ0n) is 9.80. The minimum absolute atomic E-state index is 0.0155. The van der Waals surface area contributed by atoms with E-state index in [9.17, 15) is 9.18 Å². The molecule has 1 atom stereocenters. The molecule has 0 aliphatic carbocycles. The molecule has 1 unspecified atom stereocenters. The quantitative estimate of drug-likeness (QED) is 0.664. The summed E-state index contributed by atoms with van der Waals surface area (Å²) in [7, 11) is 1.50. The number of nitrogens with zero attached hydrogens (tertiary/aromatic N) is 1. The van der Waals surface area contributed by atoms with Crippen LogP contribution in [0.4, 0.5) is 4.39 Å². The van der Waals surface area contributed by atoms with Crippen LogP contribution in [-0.2, 0) is 4.79 Å². The number of carbonyl (C=O) groups is 1. The third kappa shape index (κ3) is 4.11. The molecular formula is C12H17FN2OS. The maximum Gasteiger partial charge on any atom is 0.138 e. The largest absolute Gasteiger partial charge is 0.333 e. The zero-order chi connectivity index (χ0) is 12.7. The fourth-order valence-electron chi connectivity index (χ4n) is 1.67. The summed E-state index contributed by atoms with van der Waals surface area (Å²) in [4.78, 5) is 11.6. The minimum atomic E-state index is -0.234. The number of halogens is 1. The maximum atomic E-state index is 12.9. The summed E-state index contributed by atoms with van der Waals surface area (Å²) in [5, 5.41) is 0. The molecule has 1 heterocycles. The van der Waals surface area contributed by atoms with Gasteiger partial charge in [-0.05, 0) is 50.0 Å². The summed E-state index contributed by atoms with van der Waals surface area (Å²) < 4.78 is 14.9. The van der Waals surface area contributed by atoms with Gasteiger partial charge in [0.15, 0.2) is 0 Å². The smallest absolute Gasteiger partial charge is 0.138 e. The molecule has 0 bridgehead atoms. The van der Waals surface area contributed by atoms with E-state index in [2.05, 4.69) is 5.73 Å². The molecule has 5 heteroatoms. The predicted octanol–water partition coefficient (Wildman–Crippen LogP) is 2.07. The Morgan fingerprint density at radius 1 is 1.53 bits per heavy atom. The standard InChI is InChI=1S/C11H12FNOS.CH5N/c12-9-3-1-5-11(7-9)15-13-6-2-4-10(13)8-14;1-2/h1,3,5,7-8,10H,2,4,6H2;2H2,1H3. The number of aldehydes is 1. The van der Waals surface area contributed by atoms with Crippen molar-refractivity contribution in [1.29, 1.82) is 0 Å². The van der Waals surface area contributed by atoms with E-state index in [0.29, 0.717) is 0 Å². The van der Waals surface area contributed by atoms with Crippen molar-refractivity contribution in [3.05, 3.63) is 30.1 Å². The van der Waals surface area contributed by atoms with Crippen LogP contribution in [0.1, 0.15) is 12.8 Å². The Bertz CT molecular complexity index is 362. The van der Waals surface area contributed by atoms with E-state index >= 15 is 0 Å². The first-order valence-corrected chi connectivity index (χ1v) is 6.30. The van der Waals surface area contributed by atoms with Crippen LogP contribution in [0, 0.1) is 5.82 Å². The van der Waals surface area contributed by atoms with Gasteiger partial charge in [-0.1, -0.05) is 6.07 Å². The lowest BCUT2D eigenvalue weighted by atomic mass is 10.2. The van der Waals surface area contributed by atoms with Crippen LogP contribution in [-0.4, -0.2) is 30.2 Å². The zero-order valence-corrected chi connectivity index (χ0v) is 10.6. The van der Waals surface area contributed by atoms with Crippen molar-refractivity contribution in [3.8, 4) is 0 Å². The second-order valence-electron chi connectivity index (χ2n) is 3.54. The molecule has 2 rings (SSSR count). The summed E-state index contributed by atoms with van der Waals surface area (Å²) in [6.45, 7) is 0.893. The van der Waals surface area contributed by atoms with E-state index in [0.717, 1.165) is 30.6 Å². The monoisotopic (exact) mass is 256 g/mol. The van der Waals surface area contributed by atoms with E-state index in [1.807, 2.05) is 10.4 Å². The molecule has 17 heavy (non-hydrogen) atoms. The maximum absolute atomic E-state index is 12.9. The summed E-state index contributed by atoms with van der Waals surface area (Å²) in [6, 6.07) is 6.44. The summed E-state index contributed by atoms with van der Waals surface area (Å²) in [5.74, 6) is -0.234. The van der Waals surface area contributed by atoms with E-state index in [-0.39, 0.29) is 11.9 Å². The fourth-order valence-corrected chi connectivity index (χ4v) is 2.76. The van der Waals surface area contributed by atoms with Crippen molar-refractivity contribution in [2.24, 2.45) is 5.73 Å². The van der Waals surface area contributed by atoms with Crippen LogP contribution >= 0.6 is 11.9 Å². The van der Waals surface area contributed by atoms with E-state index in [4.69, 9.17) is 0 Å². The van der Waals surface area contributed by atoms with Crippen LogP contribution in [0.15, 0.2) is 29.2 Å². The lowest BCUT2D eigenvalue weighted by molar-refractivity contribution is -0.110. The lowest BCUT2D eigenvalue weighted by Gasteiger charge is -2.18. The Kier molecular flexibility index (Phi) is 6.18. The van der Waals surface area contributed by atoms with Gasteiger partial charge >= 0.3 is 0 Å². The Labute approximate surface area is 105 Å². The number of nitrogens with two attached hydrogens (primary N) is 1. The van der Waals surface area contributed by atoms with Crippen molar-refractivity contribution in [2.75, 3.05) is 13.6 Å². The van der Waals surface area contributed by atoms with Gasteiger partial charge in [-0.15, -0.1) is 0 Å². The number of hydrogen-bond donors (Lipinski definition) is 1. The second kappa shape index (κ2) is 7.42. The normalized spacial score (nSPS) is 19.6. The van der Waals surface area contributed by atoms with Gasteiger partial charge in [0.25, 0.3) is 0 Å². The van der Waals surface area contributed by atoms with Crippen molar-refractivity contribution >= 4 is 18.2 Å². The van der Waals surface area contributed by atoms with Crippen LogP contribution in [0.5, 0.6) is 0 Å². The van der Waals surface area contributed by atoms with Crippen LogP contribution < -0.4 is 5.73 Å². The van der Waals surface area contributed by atoms with Gasteiger partial charge in [0.2, 0.25) is 0 Å². The van der Waals surface area contributed by atoms with E-state index in [1.54, 1.807) is 6.07 Å². The molecular weight excluding hydrogens is 239 g/mol. The molecule has 0 amide bonds. The van der Waals surface area contributed by atoms with Crippen molar-refractivity contribution in [1.82, 2.24) is 4.31 Å². The molecule has 1 aliphatic rings. The van der Waals surface area contributed by atoms with Crippen LogP contribution in [0.25, 0.3) is 0 Å². The molecule has 3 nitrogen and oxygen atoms in total. The number of carbonyl (C=O) groups excluding carboxylic acids is 1. The highest BCUT2D eigenvalue weighted by Crippen LogP contribution is 2.30. The molecule has 1 aliphatic heterocycles. The molecule has 1 aromatic carbocycles. The van der Waals surface area contributed by atoms with Gasteiger partial charge < -0.3 is 10.5 Å². The first-order valence-electron chi connectivity index (χ1n) is 5.53. The summed E-state index contributed by atoms with van der Waals surface area (Å²) in [5.41, 5.74) is 4.50. The first-order chi connectivity index (χ1) is 8.29. The molecule has 2 N–H and O–H groups in total. The SMILES string of the molecule is CN.O=CC1CCCN1Sc1cccc(F)c1. The summed E-state index contributed by atoms with van der Waals surface area (Å²) in [6.07, 6.45) is 2.91. The van der Waals surface area contributed by atoms with Gasteiger partial charge in [0.05, 0.1) is 6.04 Å². The molecule has 0 aromatic heterocycles. The van der Waals surface area contributed by atoms with Crippen molar-refractivity contribution in [2.45, 2.75) is 23.8 Å². The van der Waals surface area contributed by atoms with Gasteiger partial charge in [-0.3, -0.25) is 0 Å². The van der Waals surface area contributed by atoms with Gasteiger partial charge in [0.1, 0.15) is 12.1 Å². The van der Waals surface area contributed by atoms with Gasteiger partial charge in [-0.25, -0.2) is 8.70 Å². The molecule has 94 valence electrons. The molecule has 0 radical (unpaired) electrons. The van der Waals surface area contributed by atoms with Crippen LogP contribution in [0.3, 0.4) is 0 Å². The Morgan fingerprint density at radius 3 is 2.94 bits per heavy atom. The third-order valence-corrected chi connectivity index (χ3v) is 3.58. The van der Waals surface area contributed by atoms with Gasteiger partial charge in [0, 0.05) is 11.4 Å². The molecule has 1 fully saturated rings. The Balaban J connectivity index is 0.000000686. The average molecular weight is 256 g/mol. The molecule has 1 saturated heterocycles. The lowest BCUT2D eigenvalue weighted by Crippen LogP contribution is -2.23. The second-order valence-corrected chi connectivity index (χ2v) is 4.66. The number of hydrogen-bond acceptors (Lipinski definition) is 4. The fraction of sp³-hybridized carbons (Fsp3) is 0.417. The topological polar surface area (TPSA) is 46.3 Å². The number of rotatable bonds is 3.